The van der Waals surface area contributed by atoms with Crippen molar-refractivity contribution < 1.29 is 28.2 Å². The quantitative estimate of drug-likeness (QED) is 0.188. The van der Waals surface area contributed by atoms with Crippen molar-refractivity contribution in [3.05, 3.63) is 52.1 Å². The number of fused-ring (bicyclic) bond motifs is 1. The lowest BCUT2D eigenvalue weighted by Crippen LogP contribution is -2.24. The number of nitrogens with zero attached hydrogens (tertiary/aromatic N) is 3. The number of aryl methyl sites for hydroxylation is 1. The minimum Gasteiger partial charge on any atom is -0.394 e. The number of rotatable bonds is 16. The second-order valence-corrected chi connectivity index (χ2v) is 10.3. The summed E-state index contributed by atoms with van der Waals surface area (Å²) >= 11 is 0. The summed E-state index contributed by atoms with van der Waals surface area (Å²) < 4.78 is 37.6. The minimum absolute atomic E-state index is 0.0165. The fourth-order valence-electron chi connectivity index (χ4n) is 3.19. The molecular formula is C23H34N5O7P. The Bertz CT molecular complexity index is 1200. The average molecular weight is 524 g/mol. The molecule has 3 aromatic rings. The number of nitrogens with one attached hydrogen (secondary N) is 1. The van der Waals surface area contributed by atoms with E-state index in [1.165, 1.54) is 6.33 Å². The van der Waals surface area contributed by atoms with Gasteiger partial charge in [-0.15, -0.1) is 0 Å². The molecule has 0 aliphatic heterocycles. The van der Waals surface area contributed by atoms with Crippen LogP contribution < -0.4 is 11.3 Å². The Morgan fingerprint density at radius 3 is 2.72 bits per heavy atom. The van der Waals surface area contributed by atoms with E-state index in [0.29, 0.717) is 12.3 Å². The highest BCUT2D eigenvalue weighted by Gasteiger charge is 2.27. The zero-order valence-corrected chi connectivity index (χ0v) is 21.5. The maximum Gasteiger partial charge on any atom is 0.356 e. The van der Waals surface area contributed by atoms with Gasteiger partial charge in [-0.05, 0) is 18.9 Å². The number of nitrogens with two attached hydrogens (primary N) is 1. The molecule has 0 radical (unpaired) electrons. The number of nitrogen functional groups attached to an aromatic ring is 1. The van der Waals surface area contributed by atoms with Crippen molar-refractivity contribution in [1.29, 1.82) is 0 Å². The highest BCUT2D eigenvalue weighted by atomic mass is 31.2. The third-order valence-electron chi connectivity index (χ3n) is 5.28. The maximum absolute atomic E-state index is 13.5. The number of anilines is 1. The van der Waals surface area contributed by atoms with Gasteiger partial charge in [0.1, 0.15) is 12.5 Å². The zero-order chi connectivity index (χ0) is 26.0. The van der Waals surface area contributed by atoms with Crippen LogP contribution in [0.5, 0.6) is 0 Å². The molecule has 0 spiro atoms. The molecule has 2 atom stereocenters. The molecule has 0 aliphatic carbocycles. The third kappa shape index (κ3) is 8.22. The molecule has 0 saturated heterocycles. The van der Waals surface area contributed by atoms with E-state index in [1.807, 2.05) is 38.1 Å². The number of imidazole rings is 1. The molecule has 0 saturated carbocycles. The number of aromatic nitrogens is 4. The second-order valence-electron chi connectivity index (χ2n) is 8.29. The van der Waals surface area contributed by atoms with Crippen molar-refractivity contribution in [2.75, 3.05) is 38.5 Å². The van der Waals surface area contributed by atoms with Crippen LogP contribution in [0, 0.1) is 6.92 Å². The van der Waals surface area contributed by atoms with Crippen molar-refractivity contribution >= 4 is 24.7 Å². The van der Waals surface area contributed by atoms with E-state index in [2.05, 4.69) is 15.0 Å². The van der Waals surface area contributed by atoms with Gasteiger partial charge in [-0.1, -0.05) is 43.2 Å². The van der Waals surface area contributed by atoms with E-state index in [4.69, 9.17) is 24.3 Å². The Balaban J connectivity index is 1.60. The first-order valence-electron chi connectivity index (χ1n) is 11.8. The number of aromatic amines is 1. The molecule has 0 bridgehead atoms. The summed E-state index contributed by atoms with van der Waals surface area (Å²) in [5.74, 6) is -0.0165. The lowest BCUT2D eigenvalue weighted by molar-refractivity contribution is -0.0199. The van der Waals surface area contributed by atoms with E-state index >= 15 is 0 Å². The summed E-state index contributed by atoms with van der Waals surface area (Å²) in [6, 6.07) is 7.64. The topological polar surface area (TPSA) is 164 Å². The Hall–Kier alpha value is -2.60. The van der Waals surface area contributed by atoms with Gasteiger partial charge in [0.2, 0.25) is 5.95 Å². The minimum atomic E-state index is -3.70. The number of aliphatic hydroxyl groups is 1. The smallest absolute Gasteiger partial charge is 0.356 e. The molecule has 13 heteroatoms. The Kier molecular flexibility index (Phi) is 10.6. The number of H-pyrrole nitrogens is 1. The van der Waals surface area contributed by atoms with E-state index in [-0.39, 0.29) is 50.8 Å². The van der Waals surface area contributed by atoms with Gasteiger partial charge in [-0.25, -0.2) is 4.98 Å². The van der Waals surface area contributed by atoms with Crippen LogP contribution in [-0.4, -0.2) is 63.5 Å². The first-order valence-corrected chi connectivity index (χ1v) is 13.5. The van der Waals surface area contributed by atoms with Crippen molar-refractivity contribution in [2.45, 2.75) is 45.9 Å². The van der Waals surface area contributed by atoms with Crippen LogP contribution in [0.3, 0.4) is 0 Å². The molecule has 0 amide bonds. The SMILES string of the molecule is CCCCOC(CO)COP(=O)(COCCn1cnc2c(=O)[nH]c(N)nc21)OCc1ccc(C)cc1. The van der Waals surface area contributed by atoms with Gasteiger partial charge in [0.25, 0.3) is 5.56 Å². The highest BCUT2D eigenvalue weighted by Crippen LogP contribution is 2.49. The predicted molar refractivity (Wildman–Crippen MR) is 135 cm³/mol. The number of benzene rings is 1. The molecule has 2 unspecified atom stereocenters. The molecule has 0 fully saturated rings. The summed E-state index contributed by atoms with van der Waals surface area (Å²) in [6.45, 7) is 4.58. The number of hydrogen-bond donors (Lipinski definition) is 3. The predicted octanol–water partition coefficient (Wildman–Crippen LogP) is 2.59. The third-order valence-corrected chi connectivity index (χ3v) is 6.84. The summed E-state index contributed by atoms with van der Waals surface area (Å²) in [7, 11) is -3.70. The molecule has 12 nitrogen and oxygen atoms in total. The second kappa shape index (κ2) is 13.6. The Morgan fingerprint density at radius 1 is 1.22 bits per heavy atom. The largest absolute Gasteiger partial charge is 0.394 e. The number of ether oxygens (including phenoxy) is 2. The summed E-state index contributed by atoms with van der Waals surface area (Å²) in [5, 5.41) is 9.59. The molecule has 2 heterocycles. The monoisotopic (exact) mass is 523 g/mol. The first-order chi connectivity index (χ1) is 17.3. The lowest BCUT2D eigenvalue weighted by atomic mass is 10.2. The maximum atomic E-state index is 13.5. The number of aliphatic hydroxyl groups excluding tert-OH is 1. The van der Waals surface area contributed by atoms with Crippen LogP contribution in [0.25, 0.3) is 11.2 Å². The van der Waals surface area contributed by atoms with Gasteiger partial charge < -0.3 is 33.9 Å². The van der Waals surface area contributed by atoms with Crippen LogP contribution in [0.4, 0.5) is 5.95 Å². The van der Waals surface area contributed by atoms with E-state index in [9.17, 15) is 14.5 Å². The van der Waals surface area contributed by atoms with E-state index in [1.54, 1.807) is 4.57 Å². The van der Waals surface area contributed by atoms with Crippen molar-refractivity contribution in [3.8, 4) is 0 Å². The van der Waals surface area contributed by atoms with Crippen LogP contribution in [-0.2, 0) is 36.2 Å². The molecule has 2 aromatic heterocycles. The van der Waals surface area contributed by atoms with Gasteiger partial charge in [0.05, 0.1) is 32.8 Å². The fraction of sp³-hybridized carbons (Fsp3) is 0.522. The Labute approximate surface area is 209 Å². The van der Waals surface area contributed by atoms with Crippen molar-refractivity contribution in [1.82, 2.24) is 19.5 Å². The van der Waals surface area contributed by atoms with Gasteiger partial charge in [-0.2, -0.15) is 4.98 Å². The summed E-state index contributed by atoms with van der Waals surface area (Å²) in [5.41, 5.74) is 7.62. The van der Waals surface area contributed by atoms with Crippen LogP contribution >= 0.6 is 7.60 Å². The van der Waals surface area contributed by atoms with Gasteiger partial charge in [-0.3, -0.25) is 14.3 Å². The van der Waals surface area contributed by atoms with Gasteiger partial charge >= 0.3 is 7.60 Å². The molecule has 3 rings (SSSR count). The van der Waals surface area contributed by atoms with Crippen molar-refractivity contribution in [3.63, 3.8) is 0 Å². The molecule has 4 N–H and O–H groups in total. The lowest BCUT2D eigenvalue weighted by Gasteiger charge is -2.22. The molecule has 198 valence electrons. The van der Waals surface area contributed by atoms with Crippen molar-refractivity contribution in [2.24, 2.45) is 0 Å². The Morgan fingerprint density at radius 2 is 2.00 bits per heavy atom. The van der Waals surface area contributed by atoms with Gasteiger partial charge in [0, 0.05) is 13.2 Å². The molecule has 0 aliphatic rings. The summed E-state index contributed by atoms with van der Waals surface area (Å²) in [6.07, 6.45) is 2.32. The number of unbranched alkanes of at least 4 members (excludes halogenated alkanes) is 1. The first kappa shape index (κ1) is 28.0. The zero-order valence-electron chi connectivity index (χ0n) is 20.6. The number of hydrogen-bond acceptors (Lipinski definition) is 10. The highest BCUT2D eigenvalue weighted by molar-refractivity contribution is 7.53. The fourth-order valence-corrected chi connectivity index (χ4v) is 4.50. The normalized spacial score (nSPS) is 14.2. The van der Waals surface area contributed by atoms with Crippen LogP contribution in [0.2, 0.25) is 0 Å². The van der Waals surface area contributed by atoms with Crippen LogP contribution in [0.1, 0.15) is 30.9 Å². The average Bonchev–Trinajstić information content (AvgIpc) is 3.27. The van der Waals surface area contributed by atoms with Crippen LogP contribution in [0.15, 0.2) is 35.4 Å². The molecule has 1 aromatic carbocycles. The van der Waals surface area contributed by atoms with E-state index in [0.717, 1.165) is 24.0 Å². The molecular weight excluding hydrogens is 489 g/mol. The summed E-state index contributed by atoms with van der Waals surface area (Å²) in [4.78, 5) is 22.5. The van der Waals surface area contributed by atoms with Gasteiger partial charge in [0.15, 0.2) is 11.2 Å². The standard InChI is InChI=1S/C23H34N5O7P/c1-3-4-10-33-19(12-29)14-35-36(31,34-13-18-7-5-17(2)6-8-18)16-32-11-9-28-15-25-20-21(28)26-23(24)27-22(20)30/h5-8,15,19,29H,3-4,9-14,16H2,1-2H3,(H3,24,26,27,30). The molecule has 36 heavy (non-hydrogen) atoms. The van der Waals surface area contributed by atoms with E-state index < -0.39 is 19.3 Å².